The number of piperidine rings is 1. The van der Waals surface area contributed by atoms with Gasteiger partial charge in [0.05, 0.1) is 17.9 Å². The second kappa shape index (κ2) is 10.4. The van der Waals surface area contributed by atoms with E-state index in [0.717, 1.165) is 42.9 Å². The van der Waals surface area contributed by atoms with Gasteiger partial charge in [-0.3, -0.25) is 4.90 Å². The Morgan fingerprint density at radius 3 is 2.94 bits per heavy atom. The molecule has 0 radical (unpaired) electrons. The van der Waals surface area contributed by atoms with Crippen LogP contribution in [0.3, 0.4) is 0 Å². The van der Waals surface area contributed by atoms with Crippen LogP contribution in [0.2, 0.25) is 5.02 Å². The third-order valence-corrected chi connectivity index (χ3v) is 6.01. The maximum absolute atomic E-state index is 11.2. The number of hydrogen-bond donors (Lipinski definition) is 1. The average molecular weight is 456 g/mol. The highest BCUT2D eigenvalue weighted by atomic mass is 35.5. The van der Waals surface area contributed by atoms with Crippen LogP contribution in [0.4, 0.5) is 0 Å². The Kier molecular flexibility index (Phi) is 7.35. The molecule has 3 aromatic rings. The summed E-state index contributed by atoms with van der Waals surface area (Å²) < 4.78 is 13.8. The molecule has 4 rings (SSSR count). The molecule has 0 aliphatic carbocycles. The Labute approximate surface area is 194 Å². The highest BCUT2D eigenvalue weighted by molar-refractivity contribution is 6.32. The lowest BCUT2D eigenvalue weighted by Gasteiger charge is -2.39. The van der Waals surface area contributed by atoms with Crippen molar-refractivity contribution < 1.29 is 14.6 Å². The first-order valence-corrected chi connectivity index (χ1v) is 11.4. The van der Waals surface area contributed by atoms with E-state index in [9.17, 15) is 5.11 Å². The van der Waals surface area contributed by atoms with Crippen molar-refractivity contribution in [2.75, 3.05) is 26.3 Å². The van der Waals surface area contributed by atoms with Gasteiger partial charge in [-0.25, -0.2) is 4.98 Å². The number of hydrogen-bond acceptors (Lipinski definition) is 5. The zero-order valence-corrected chi connectivity index (χ0v) is 19.2. The van der Waals surface area contributed by atoms with Gasteiger partial charge < -0.3 is 19.1 Å². The second-order valence-electron chi connectivity index (χ2n) is 8.56. The number of β-amino-alcohol motifs (C(OH)–C–C–N with tert-alkyl or cyclic N) is 1. The number of nitrogens with zero attached hydrogens (tertiary/aromatic N) is 3. The van der Waals surface area contributed by atoms with E-state index >= 15 is 0 Å². The summed E-state index contributed by atoms with van der Waals surface area (Å²) in [6.45, 7) is 5.82. The van der Waals surface area contributed by atoms with E-state index in [4.69, 9.17) is 21.1 Å². The minimum absolute atomic E-state index is 0.226. The monoisotopic (exact) mass is 455 g/mol. The molecular formula is C25H30ClN3O3. The van der Waals surface area contributed by atoms with E-state index in [0.29, 0.717) is 30.3 Å². The largest absolute Gasteiger partial charge is 0.492 e. The number of likely N-dealkylation sites (tertiary alicyclic amines) is 1. The SMILES string of the molecule is Cc1ccc(Cl)c(OC[C@@]2(O)CCCN(Cc3cccc(OCCn4ccnc4)c3)C2)c1. The lowest BCUT2D eigenvalue weighted by Crippen LogP contribution is -2.51. The quantitative estimate of drug-likeness (QED) is 0.520. The molecule has 0 spiro atoms. The lowest BCUT2D eigenvalue weighted by molar-refractivity contribution is -0.0621. The van der Waals surface area contributed by atoms with E-state index in [1.807, 2.05) is 48.0 Å². The average Bonchev–Trinajstić information content (AvgIpc) is 3.28. The fourth-order valence-electron chi connectivity index (χ4n) is 4.07. The molecule has 0 unspecified atom stereocenters. The van der Waals surface area contributed by atoms with Crippen molar-refractivity contribution in [2.24, 2.45) is 0 Å². The minimum Gasteiger partial charge on any atom is -0.492 e. The summed E-state index contributed by atoms with van der Waals surface area (Å²) in [5.74, 6) is 1.48. The number of aliphatic hydroxyl groups is 1. The Hall–Kier alpha value is -2.54. The molecule has 0 amide bonds. The van der Waals surface area contributed by atoms with Crippen molar-refractivity contribution in [3.63, 3.8) is 0 Å². The van der Waals surface area contributed by atoms with E-state index in [1.165, 1.54) is 0 Å². The van der Waals surface area contributed by atoms with Crippen molar-refractivity contribution >= 4 is 11.6 Å². The Morgan fingerprint density at radius 2 is 2.09 bits per heavy atom. The van der Waals surface area contributed by atoms with Crippen LogP contribution in [0.5, 0.6) is 11.5 Å². The predicted molar refractivity (Wildman–Crippen MR) is 125 cm³/mol. The number of aryl methyl sites for hydroxylation is 1. The Bertz CT molecular complexity index is 1010. The summed E-state index contributed by atoms with van der Waals surface area (Å²) in [5, 5.41) is 11.7. The molecule has 2 heterocycles. The summed E-state index contributed by atoms with van der Waals surface area (Å²) in [6.07, 6.45) is 7.11. The Morgan fingerprint density at radius 1 is 1.19 bits per heavy atom. The van der Waals surface area contributed by atoms with Crippen LogP contribution in [0.15, 0.2) is 61.2 Å². The van der Waals surface area contributed by atoms with Gasteiger partial charge >= 0.3 is 0 Å². The van der Waals surface area contributed by atoms with Gasteiger partial charge in [-0.15, -0.1) is 0 Å². The summed E-state index contributed by atoms with van der Waals surface area (Å²) in [4.78, 5) is 6.32. The van der Waals surface area contributed by atoms with Gasteiger partial charge in [0, 0.05) is 25.5 Å². The topological polar surface area (TPSA) is 59.8 Å². The zero-order chi connectivity index (χ0) is 22.4. The molecule has 1 aliphatic heterocycles. The van der Waals surface area contributed by atoms with Gasteiger partial charge in [-0.1, -0.05) is 29.8 Å². The lowest BCUT2D eigenvalue weighted by atomic mass is 9.93. The van der Waals surface area contributed by atoms with Crippen LogP contribution in [0.25, 0.3) is 0 Å². The third-order valence-electron chi connectivity index (χ3n) is 5.70. The van der Waals surface area contributed by atoms with E-state index < -0.39 is 5.60 Å². The number of aromatic nitrogens is 2. The van der Waals surface area contributed by atoms with Gasteiger partial charge in [-0.2, -0.15) is 0 Å². The van der Waals surface area contributed by atoms with E-state index in [-0.39, 0.29) is 6.61 Å². The van der Waals surface area contributed by atoms with Gasteiger partial charge in [0.1, 0.15) is 30.3 Å². The zero-order valence-electron chi connectivity index (χ0n) is 18.4. The maximum atomic E-state index is 11.2. The first-order valence-electron chi connectivity index (χ1n) is 11.0. The van der Waals surface area contributed by atoms with Crippen molar-refractivity contribution in [3.05, 3.63) is 77.3 Å². The molecule has 7 heteroatoms. The highest BCUT2D eigenvalue weighted by Gasteiger charge is 2.34. The molecule has 2 aromatic carbocycles. The Balaban J connectivity index is 1.30. The van der Waals surface area contributed by atoms with Crippen LogP contribution in [0, 0.1) is 6.92 Å². The standard InChI is InChI=1S/C25H30ClN3O3/c1-20-6-7-23(26)24(14-20)32-18-25(30)8-3-10-29(17-25)16-21-4-2-5-22(15-21)31-13-12-28-11-9-27-19-28/h2,4-7,9,11,14-15,19,30H,3,8,10,12-13,16-18H2,1H3/t25-/m1/s1. The molecule has 170 valence electrons. The van der Waals surface area contributed by atoms with Crippen LogP contribution in [-0.2, 0) is 13.1 Å². The summed E-state index contributed by atoms with van der Waals surface area (Å²) in [6, 6.07) is 13.8. The summed E-state index contributed by atoms with van der Waals surface area (Å²) in [5.41, 5.74) is 1.34. The smallest absolute Gasteiger partial charge is 0.138 e. The van der Waals surface area contributed by atoms with Crippen molar-refractivity contribution in [1.29, 1.82) is 0 Å². The number of benzene rings is 2. The molecule has 1 aromatic heterocycles. The summed E-state index contributed by atoms with van der Waals surface area (Å²) in [7, 11) is 0. The van der Waals surface area contributed by atoms with Gasteiger partial charge in [-0.05, 0) is 61.7 Å². The van der Waals surface area contributed by atoms with Crippen LogP contribution < -0.4 is 9.47 Å². The molecule has 0 saturated carbocycles. The molecule has 1 N–H and O–H groups in total. The number of halogens is 1. The first kappa shape index (κ1) is 22.6. The third kappa shape index (κ3) is 6.25. The van der Waals surface area contributed by atoms with E-state index in [1.54, 1.807) is 12.5 Å². The molecule has 6 nitrogen and oxygen atoms in total. The van der Waals surface area contributed by atoms with Crippen LogP contribution >= 0.6 is 11.6 Å². The molecule has 0 bridgehead atoms. The van der Waals surface area contributed by atoms with Gasteiger partial charge in [0.2, 0.25) is 0 Å². The highest BCUT2D eigenvalue weighted by Crippen LogP contribution is 2.29. The fraction of sp³-hybridized carbons (Fsp3) is 0.400. The number of ether oxygens (including phenoxy) is 2. The number of rotatable bonds is 9. The van der Waals surface area contributed by atoms with E-state index in [2.05, 4.69) is 22.0 Å². The molecule has 1 fully saturated rings. The van der Waals surface area contributed by atoms with Crippen molar-refractivity contribution in [1.82, 2.24) is 14.5 Å². The molecule has 1 atom stereocenters. The second-order valence-corrected chi connectivity index (χ2v) is 8.96. The first-order chi connectivity index (χ1) is 15.5. The maximum Gasteiger partial charge on any atom is 0.138 e. The molecule has 1 saturated heterocycles. The van der Waals surface area contributed by atoms with Gasteiger partial charge in [0.25, 0.3) is 0 Å². The fourth-order valence-corrected chi connectivity index (χ4v) is 4.24. The number of imidazole rings is 1. The van der Waals surface area contributed by atoms with Gasteiger partial charge in [0.15, 0.2) is 0 Å². The summed E-state index contributed by atoms with van der Waals surface area (Å²) >= 11 is 6.24. The molecule has 1 aliphatic rings. The minimum atomic E-state index is -0.899. The van der Waals surface area contributed by atoms with Crippen molar-refractivity contribution in [3.8, 4) is 11.5 Å². The molecular weight excluding hydrogens is 426 g/mol. The van der Waals surface area contributed by atoms with Crippen molar-refractivity contribution in [2.45, 2.75) is 38.5 Å². The predicted octanol–water partition coefficient (Wildman–Crippen LogP) is 4.33. The van der Waals surface area contributed by atoms with Crippen LogP contribution in [0.1, 0.15) is 24.0 Å². The molecule has 32 heavy (non-hydrogen) atoms. The van der Waals surface area contributed by atoms with Crippen LogP contribution in [-0.4, -0.2) is 51.5 Å². The normalized spacial score (nSPS) is 19.1.